The minimum Gasteiger partial charge on any atom is -0.0622 e. The van der Waals surface area contributed by atoms with E-state index < -0.39 is 15.8 Å². The Morgan fingerprint density at radius 1 is 0.474 bits per heavy atom. The van der Waals surface area contributed by atoms with Crippen molar-refractivity contribution in [1.29, 1.82) is 0 Å². The van der Waals surface area contributed by atoms with Crippen LogP contribution in [-0.4, -0.2) is 15.8 Å². The fourth-order valence-corrected chi connectivity index (χ4v) is 10.8. The number of rotatable bonds is 9. The second-order valence-electron chi connectivity index (χ2n) is 11.9. The van der Waals surface area contributed by atoms with Crippen LogP contribution in [0.4, 0.5) is 11.6 Å². The fraction of sp³-hybridized carbons (Fsp3) is 0.0417. The second-order valence-corrected chi connectivity index (χ2v) is 17.2. The van der Waals surface area contributed by atoms with Gasteiger partial charge in [-0.3, -0.25) is 0 Å². The summed E-state index contributed by atoms with van der Waals surface area (Å²) in [5.74, 6) is 0.607. The van der Waals surface area contributed by atoms with Gasteiger partial charge in [0.2, 0.25) is 5.95 Å². The van der Waals surface area contributed by atoms with Crippen LogP contribution in [-0.2, 0) is 31.2 Å². The molecule has 0 N–H and O–H groups in total. The van der Waals surface area contributed by atoms with Crippen LogP contribution in [0.25, 0.3) is 0 Å². The van der Waals surface area contributed by atoms with Gasteiger partial charge in [0.25, 0.3) is 0 Å². The first-order chi connectivity index (χ1) is 27.7. The van der Waals surface area contributed by atoms with Crippen molar-refractivity contribution < 1.29 is 24.1 Å². The molecule has 0 atom stereocenters. The Labute approximate surface area is 356 Å². The summed E-state index contributed by atoms with van der Waals surface area (Å²) in [6, 6.07) is 72.6. The van der Waals surface area contributed by atoms with Gasteiger partial charge in [-0.25, -0.2) is 4.98 Å². The quantitative estimate of drug-likeness (QED) is 0.0362. The maximum Gasteiger partial charge on any atom is -0.0134 e. The molecular formula is C48H43N4OP2RuS+. The van der Waals surface area contributed by atoms with E-state index in [1.807, 2.05) is 48.3 Å². The van der Waals surface area contributed by atoms with E-state index in [1.165, 1.54) is 31.8 Å². The summed E-state index contributed by atoms with van der Waals surface area (Å²) in [6.07, 6.45) is 5.57. The maximum atomic E-state index is 7.50. The molecule has 8 aromatic rings. The Morgan fingerprint density at radius 3 is 1.05 bits per heavy atom. The first-order valence-corrected chi connectivity index (χ1v) is 21.7. The molecule has 1 heterocycles. The normalized spacial score (nSPS) is 10.2. The van der Waals surface area contributed by atoms with Crippen molar-refractivity contribution >= 4 is 71.1 Å². The predicted molar refractivity (Wildman–Crippen MR) is 241 cm³/mol. The SMILES string of the molecule is CSc1ccccc1N=Nc1nccn1C.[C-]#[O+].[RuH+].c1ccc(P(c2ccccc2)c2ccccc2)cc1.c1ccc(P(c2ccccc2)c2ccccc2)cc1. The number of thioether (sulfide) groups is 1. The van der Waals surface area contributed by atoms with Gasteiger partial charge in [-0.15, -0.1) is 22.0 Å². The fourth-order valence-electron chi connectivity index (χ4n) is 5.62. The van der Waals surface area contributed by atoms with Crippen molar-refractivity contribution in [1.82, 2.24) is 9.55 Å². The van der Waals surface area contributed by atoms with Crippen molar-refractivity contribution in [2.45, 2.75) is 4.90 Å². The minimum atomic E-state index is -0.446. The number of azo groups is 1. The molecule has 1 radical (unpaired) electrons. The van der Waals surface area contributed by atoms with Gasteiger partial charge in [0.05, 0.1) is 5.69 Å². The molecular weight excluding hydrogens is 844 g/mol. The molecule has 0 saturated carbocycles. The number of aryl methyl sites for hydroxylation is 1. The van der Waals surface area contributed by atoms with Gasteiger partial charge in [0.1, 0.15) is 0 Å². The van der Waals surface area contributed by atoms with Crippen molar-refractivity contribution in [3.63, 3.8) is 0 Å². The molecule has 0 unspecified atom stereocenters. The molecule has 8 rings (SSSR count). The van der Waals surface area contributed by atoms with E-state index in [4.69, 9.17) is 4.65 Å². The number of benzene rings is 7. The summed E-state index contributed by atoms with van der Waals surface area (Å²) < 4.78 is 9.32. The van der Waals surface area contributed by atoms with E-state index in [0.717, 1.165) is 10.6 Å². The van der Waals surface area contributed by atoms with Crippen LogP contribution < -0.4 is 31.8 Å². The van der Waals surface area contributed by atoms with E-state index in [9.17, 15) is 0 Å². The molecule has 1 aromatic heterocycles. The summed E-state index contributed by atoms with van der Waals surface area (Å²) >= 11 is 1.66. The molecule has 0 fully saturated rings. The van der Waals surface area contributed by atoms with Gasteiger partial charge < -0.3 is 4.57 Å². The molecule has 57 heavy (non-hydrogen) atoms. The van der Waals surface area contributed by atoms with Crippen molar-refractivity contribution in [2.24, 2.45) is 17.3 Å². The zero-order valence-electron chi connectivity index (χ0n) is 31.7. The van der Waals surface area contributed by atoms with E-state index in [1.54, 1.807) is 18.0 Å². The van der Waals surface area contributed by atoms with Crippen molar-refractivity contribution in [2.75, 3.05) is 6.26 Å². The summed E-state index contributed by atoms with van der Waals surface area (Å²) in [6.45, 7) is 4.50. The largest absolute Gasteiger partial charge is 0.0622 e. The average molecular weight is 887 g/mol. The van der Waals surface area contributed by atoms with Crippen LogP contribution in [0, 0.1) is 6.65 Å². The number of nitrogens with zero attached hydrogens (tertiary/aromatic N) is 4. The predicted octanol–water partition coefficient (Wildman–Crippen LogP) is 10.1. The Bertz CT molecular complexity index is 2030. The van der Waals surface area contributed by atoms with Crippen LogP contribution >= 0.6 is 27.6 Å². The standard InChI is InChI=1S/2C18H15P.C11H12N4S.CO.Ru.H/c2*1-4-10-16(11-5-1)19(17-12-6-2-7-13-17)18-14-8-3-9-15-18;1-15-8-7-12-11(15)14-13-9-5-3-4-6-10(9)16-2;1-2;;/h2*1-15H;3-8H,1-2H3;;;/q;;;;+1;. The van der Waals surface area contributed by atoms with E-state index in [2.05, 4.69) is 204 Å². The molecule has 9 heteroatoms. The summed E-state index contributed by atoms with van der Waals surface area (Å²) in [4.78, 5) is 5.19. The van der Waals surface area contributed by atoms with Gasteiger partial charge in [0.15, 0.2) is 0 Å². The Kier molecular flexibility index (Phi) is 19.8. The smallest absolute Gasteiger partial charge is 0.0134 e. The third-order valence-corrected chi connectivity index (χ3v) is 13.9. The molecule has 0 aliphatic rings. The number of aromatic nitrogens is 2. The van der Waals surface area contributed by atoms with Gasteiger partial charge in [-0.1, -0.05) is 194 Å². The third kappa shape index (κ3) is 13.5. The summed E-state index contributed by atoms with van der Waals surface area (Å²) in [5.41, 5.74) is 0.873. The van der Waals surface area contributed by atoms with Gasteiger partial charge in [-0.2, -0.15) is 0 Å². The number of hydrogen-bond acceptors (Lipinski definition) is 4. The van der Waals surface area contributed by atoms with Gasteiger partial charge in [0, 0.05) is 24.3 Å². The van der Waals surface area contributed by atoms with Crippen LogP contribution in [0.2, 0.25) is 0 Å². The molecule has 0 saturated heterocycles. The monoisotopic (exact) mass is 887 g/mol. The zero-order chi connectivity index (χ0) is 39.2. The van der Waals surface area contributed by atoms with E-state index >= 15 is 0 Å². The molecule has 7 aromatic carbocycles. The first-order valence-electron chi connectivity index (χ1n) is 17.8. The second kappa shape index (κ2) is 25.2. The Morgan fingerprint density at radius 2 is 0.772 bits per heavy atom. The topological polar surface area (TPSA) is 62.4 Å². The zero-order valence-corrected chi connectivity index (χ0v) is 36.1. The number of hydrogen-bond donors (Lipinski definition) is 0. The molecule has 0 aliphatic heterocycles. The van der Waals surface area contributed by atoms with Crippen LogP contribution in [0.1, 0.15) is 0 Å². The van der Waals surface area contributed by atoms with Crippen LogP contribution in [0.5, 0.6) is 0 Å². The third-order valence-electron chi connectivity index (χ3n) is 8.21. The summed E-state index contributed by atoms with van der Waals surface area (Å²) in [7, 11) is 0.999. The maximum absolute atomic E-state index is 7.50. The average Bonchev–Trinajstić information content (AvgIpc) is 3.70. The van der Waals surface area contributed by atoms with E-state index in [0.29, 0.717) is 5.95 Å². The Hall–Kier alpha value is -5.08. The Balaban J connectivity index is 0.000000185. The van der Waals surface area contributed by atoms with Crippen molar-refractivity contribution in [3.05, 3.63) is 225 Å². The molecule has 284 valence electrons. The molecule has 0 spiro atoms. The van der Waals surface area contributed by atoms with E-state index in [-0.39, 0.29) is 19.5 Å². The first kappa shape index (κ1) is 44.6. The van der Waals surface area contributed by atoms with Crippen LogP contribution in [0.3, 0.4) is 0 Å². The van der Waals surface area contributed by atoms with Crippen LogP contribution in [0.15, 0.2) is 234 Å². The number of imidazole rings is 1. The molecule has 0 amide bonds. The van der Waals surface area contributed by atoms with Gasteiger partial charge in [-0.05, 0) is 66.1 Å². The summed E-state index contributed by atoms with van der Waals surface area (Å²) in [5, 5.41) is 16.7. The minimum absolute atomic E-state index is 0. The molecule has 5 nitrogen and oxygen atoms in total. The van der Waals surface area contributed by atoms with Crippen molar-refractivity contribution in [3.8, 4) is 0 Å². The molecule has 0 aliphatic carbocycles. The van der Waals surface area contributed by atoms with Gasteiger partial charge >= 0.3 is 30.8 Å². The molecule has 0 bridgehead atoms.